The van der Waals surface area contributed by atoms with Crippen LogP contribution in [-0.4, -0.2) is 16.4 Å². The highest BCUT2D eigenvalue weighted by Gasteiger charge is 2.15. The summed E-state index contributed by atoms with van der Waals surface area (Å²) in [7, 11) is 0. The molecule has 4 nitrogen and oxygen atoms in total. The second-order valence-electron chi connectivity index (χ2n) is 4.43. The van der Waals surface area contributed by atoms with Gasteiger partial charge in [-0.05, 0) is 36.9 Å². The molecule has 1 aromatic carbocycles. The van der Waals surface area contributed by atoms with Crippen molar-refractivity contribution in [2.45, 2.75) is 37.1 Å². The van der Waals surface area contributed by atoms with Crippen molar-refractivity contribution in [2.24, 2.45) is 5.73 Å². The number of benzene rings is 1. The molecule has 0 aliphatic rings. The van der Waals surface area contributed by atoms with E-state index in [-0.39, 0.29) is 6.04 Å². The van der Waals surface area contributed by atoms with Crippen molar-refractivity contribution in [1.82, 2.24) is 10.1 Å². The van der Waals surface area contributed by atoms with Crippen LogP contribution in [0.3, 0.4) is 0 Å². The molecule has 0 saturated heterocycles. The Kier molecular flexibility index (Phi) is 4.99. The normalized spacial score (nSPS) is 12.6. The van der Waals surface area contributed by atoms with E-state index < -0.39 is 0 Å². The van der Waals surface area contributed by atoms with Gasteiger partial charge in [0.05, 0.1) is 6.04 Å². The molecule has 1 aromatic heterocycles. The van der Waals surface area contributed by atoms with Crippen LogP contribution in [0.15, 0.2) is 33.7 Å². The lowest BCUT2D eigenvalue weighted by Crippen LogP contribution is -2.10. The van der Waals surface area contributed by atoms with Crippen LogP contribution in [0.1, 0.15) is 38.1 Å². The first-order valence-corrected chi connectivity index (χ1v) is 7.70. The van der Waals surface area contributed by atoms with Crippen LogP contribution in [0.4, 0.5) is 0 Å². The van der Waals surface area contributed by atoms with Crippen LogP contribution in [0.2, 0.25) is 0 Å². The predicted molar refractivity (Wildman–Crippen MR) is 78.0 cm³/mol. The van der Waals surface area contributed by atoms with Crippen molar-refractivity contribution in [3.8, 4) is 11.4 Å². The smallest absolute Gasteiger partial charge is 0.243 e. The molecular formula is C14H19N3OS. The van der Waals surface area contributed by atoms with E-state index in [0.717, 1.165) is 24.8 Å². The average Bonchev–Trinajstić information content (AvgIpc) is 2.94. The molecule has 2 N–H and O–H groups in total. The van der Waals surface area contributed by atoms with Gasteiger partial charge in [0.2, 0.25) is 11.7 Å². The summed E-state index contributed by atoms with van der Waals surface area (Å²) < 4.78 is 5.24. The minimum Gasteiger partial charge on any atom is -0.337 e. The zero-order valence-corrected chi connectivity index (χ0v) is 12.1. The third-order valence-electron chi connectivity index (χ3n) is 2.98. The molecule has 0 aliphatic carbocycles. The molecule has 2 rings (SSSR count). The Labute approximate surface area is 117 Å². The van der Waals surface area contributed by atoms with Crippen molar-refractivity contribution in [3.05, 3.63) is 30.2 Å². The van der Waals surface area contributed by atoms with E-state index in [9.17, 15) is 0 Å². The maximum absolute atomic E-state index is 6.02. The molecule has 0 spiro atoms. The van der Waals surface area contributed by atoms with Gasteiger partial charge in [-0.2, -0.15) is 4.98 Å². The first-order valence-electron chi connectivity index (χ1n) is 6.48. The van der Waals surface area contributed by atoms with Gasteiger partial charge in [-0.15, -0.1) is 11.8 Å². The Hall–Kier alpha value is -1.33. The number of hydrogen-bond donors (Lipinski definition) is 1. The van der Waals surface area contributed by atoms with Gasteiger partial charge in [-0.25, -0.2) is 0 Å². The van der Waals surface area contributed by atoms with Crippen LogP contribution in [-0.2, 0) is 0 Å². The fraction of sp³-hybridized carbons (Fsp3) is 0.429. The van der Waals surface area contributed by atoms with Crippen molar-refractivity contribution in [3.63, 3.8) is 0 Å². The van der Waals surface area contributed by atoms with Crippen LogP contribution in [0, 0.1) is 0 Å². The zero-order chi connectivity index (χ0) is 13.7. The maximum Gasteiger partial charge on any atom is 0.243 e. The number of nitrogens with zero attached hydrogens (tertiary/aromatic N) is 2. The van der Waals surface area contributed by atoms with Crippen LogP contribution < -0.4 is 5.73 Å². The summed E-state index contributed by atoms with van der Waals surface area (Å²) in [6.45, 7) is 2.14. The molecular weight excluding hydrogens is 258 g/mol. The highest BCUT2D eigenvalue weighted by molar-refractivity contribution is 7.98. The van der Waals surface area contributed by atoms with Crippen molar-refractivity contribution in [1.29, 1.82) is 0 Å². The van der Waals surface area contributed by atoms with Crippen molar-refractivity contribution >= 4 is 11.8 Å². The Morgan fingerprint density at radius 3 is 2.68 bits per heavy atom. The zero-order valence-electron chi connectivity index (χ0n) is 11.3. The van der Waals surface area contributed by atoms with Gasteiger partial charge in [0.25, 0.3) is 0 Å². The Morgan fingerprint density at radius 2 is 2.05 bits per heavy atom. The highest BCUT2D eigenvalue weighted by atomic mass is 32.2. The van der Waals surface area contributed by atoms with Gasteiger partial charge < -0.3 is 10.3 Å². The lowest BCUT2D eigenvalue weighted by atomic mass is 10.1. The van der Waals surface area contributed by atoms with Gasteiger partial charge in [-0.1, -0.05) is 24.9 Å². The summed E-state index contributed by atoms with van der Waals surface area (Å²) >= 11 is 1.71. The van der Waals surface area contributed by atoms with Gasteiger partial charge >= 0.3 is 0 Å². The van der Waals surface area contributed by atoms with Crippen LogP contribution in [0.5, 0.6) is 0 Å². The molecule has 0 aliphatic heterocycles. The summed E-state index contributed by atoms with van der Waals surface area (Å²) in [4.78, 5) is 5.59. The molecule has 0 radical (unpaired) electrons. The van der Waals surface area contributed by atoms with Gasteiger partial charge in [0.15, 0.2) is 0 Å². The highest BCUT2D eigenvalue weighted by Crippen LogP contribution is 2.23. The second-order valence-corrected chi connectivity index (χ2v) is 5.31. The Balaban J connectivity index is 2.11. The number of rotatable bonds is 6. The van der Waals surface area contributed by atoms with E-state index in [4.69, 9.17) is 10.3 Å². The summed E-state index contributed by atoms with van der Waals surface area (Å²) in [6.07, 6.45) is 5.11. The standard InChI is InChI=1S/C14H19N3OS/c1-3-4-5-12(15)14-16-13(17-18-14)10-6-8-11(19-2)9-7-10/h6-9,12H,3-5,15H2,1-2H3/t12-/m0/s1. The molecule has 102 valence electrons. The van der Waals surface area contributed by atoms with Gasteiger partial charge in [0.1, 0.15) is 0 Å². The molecule has 2 aromatic rings. The van der Waals surface area contributed by atoms with Gasteiger partial charge in [0, 0.05) is 10.5 Å². The lowest BCUT2D eigenvalue weighted by molar-refractivity contribution is 0.346. The van der Waals surface area contributed by atoms with Crippen LogP contribution in [0.25, 0.3) is 11.4 Å². The molecule has 0 bridgehead atoms. The number of hydrogen-bond acceptors (Lipinski definition) is 5. The minimum absolute atomic E-state index is 0.160. The lowest BCUT2D eigenvalue weighted by Gasteiger charge is -2.03. The monoisotopic (exact) mass is 277 g/mol. The minimum atomic E-state index is -0.160. The topological polar surface area (TPSA) is 64.9 Å². The molecule has 5 heteroatoms. The molecule has 0 fully saturated rings. The van der Waals surface area contributed by atoms with E-state index in [1.54, 1.807) is 11.8 Å². The SMILES string of the molecule is CCCC[C@H](N)c1nc(-c2ccc(SC)cc2)no1. The first-order chi connectivity index (χ1) is 9.24. The summed E-state index contributed by atoms with van der Waals surface area (Å²) in [5.41, 5.74) is 6.97. The molecule has 0 unspecified atom stereocenters. The van der Waals surface area contributed by atoms with E-state index in [2.05, 4.69) is 17.1 Å². The average molecular weight is 277 g/mol. The predicted octanol–water partition coefficient (Wildman–Crippen LogP) is 3.65. The molecule has 1 atom stereocenters. The first kappa shape index (κ1) is 14.1. The van der Waals surface area contributed by atoms with E-state index in [1.165, 1.54) is 4.90 Å². The fourth-order valence-electron chi connectivity index (χ4n) is 1.79. The number of nitrogens with two attached hydrogens (primary N) is 1. The molecule has 0 saturated carbocycles. The van der Waals surface area contributed by atoms with Gasteiger partial charge in [-0.3, -0.25) is 0 Å². The summed E-state index contributed by atoms with van der Waals surface area (Å²) in [6, 6.07) is 7.93. The quantitative estimate of drug-likeness (QED) is 0.816. The van der Waals surface area contributed by atoms with Crippen molar-refractivity contribution in [2.75, 3.05) is 6.26 Å². The summed E-state index contributed by atoms with van der Waals surface area (Å²) in [5.74, 6) is 1.13. The van der Waals surface area contributed by atoms with Crippen molar-refractivity contribution < 1.29 is 4.52 Å². The molecule has 19 heavy (non-hydrogen) atoms. The number of aromatic nitrogens is 2. The maximum atomic E-state index is 6.02. The Morgan fingerprint density at radius 1 is 1.32 bits per heavy atom. The molecule has 1 heterocycles. The fourth-order valence-corrected chi connectivity index (χ4v) is 2.20. The number of unbranched alkanes of at least 4 members (excludes halogenated alkanes) is 1. The third-order valence-corrected chi connectivity index (χ3v) is 3.72. The largest absolute Gasteiger partial charge is 0.337 e. The molecule has 0 amide bonds. The number of thioether (sulfide) groups is 1. The Bertz CT molecular complexity index is 510. The second kappa shape index (κ2) is 6.73. The van der Waals surface area contributed by atoms with E-state index in [1.807, 2.05) is 30.5 Å². The van der Waals surface area contributed by atoms with E-state index in [0.29, 0.717) is 11.7 Å². The third kappa shape index (κ3) is 3.58. The van der Waals surface area contributed by atoms with Crippen LogP contribution >= 0.6 is 11.8 Å². The van der Waals surface area contributed by atoms with E-state index >= 15 is 0 Å². The summed E-state index contributed by atoms with van der Waals surface area (Å²) in [5, 5.41) is 4.00.